The van der Waals surface area contributed by atoms with Crippen LogP contribution in [0.15, 0.2) is 0 Å². The van der Waals surface area contributed by atoms with Crippen molar-refractivity contribution in [3.05, 3.63) is 0 Å². The quantitative estimate of drug-likeness (QED) is 0.715. The fourth-order valence-corrected chi connectivity index (χ4v) is 2.29. The van der Waals surface area contributed by atoms with Gasteiger partial charge >= 0.3 is 0 Å². The Labute approximate surface area is 79.3 Å². The first-order chi connectivity index (χ1) is 5.79. The lowest BCUT2D eigenvalue weighted by atomic mass is 10.0. The molecular formula is C9H19NOS. The highest BCUT2D eigenvalue weighted by Crippen LogP contribution is 2.23. The van der Waals surface area contributed by atoms with Crippen molar-refractivity contribution in [1.29, 1.82) is 0 Å². The molecule has 0 aliphatic carbocycles. The summed E-state index contributed by atoms with van der Waals surface area (Å²) in [4.78, 5) is 2.42. The van der Waals surface area contributed by atoms with Gasteiger partial charge in [0.1, 0.15) is 0 Å². The summed E-state index contributed by atoms with van der Waals surface area (Å²) in [5.41, 5.74) is 0. The first-order valence-electron chi connectivity index (χ1n) is 4.63. The van der Waals surface area contributed by atoms with Crippen molar-refractivity contribution in [2.45, 2.75) is 19.4 Å². The van der Waals surface area contributed by atoms with Gasteiger partial charge in [0.2, 0.25) is 0 Å². The Morgan fingerprint density at radius 3 is 2.92 bits per heavy atom. The second-order valence-electron chi connectivity index (χ2n) is 3.54. The molecule has 1 saturated heterocycles. The van der Waals surface area contributed by atoms with E-state index in [4.69, 9.17) is 5.11 Å². The molecule has 0 bridgehead atoms. The van der Waals surface area contributed by atoms with E-state index in [2.05, 4.69) is 18.1 Å². The zero-order chi connectivity index (χ0) is 8.97. The summed E-state index contributed by atoms with van der Waals surface area (Å²) in [6.07, 6.45) is 3.38. The van der Waals surface area contributed by atoms with E-state index in [1.54, 1.807) is 0 Å². The Kier molecular flexibility index (Phi) is 4.40. The summed E-state index contributed by atoms with van der Waals surface area (Å²) >= 11 is 1.88. The number of thioether (sulfide) groups is 1. The first kappa shape index (κ1) is 10.4. The summed E-state index contributed by atoms with van der Waals surface area (Å²) in [6.45, 7) is 4.87. The number of hydrogen-bond donors (Lipinski definition) is 1. The van der Waals surface area contributed by atoms with Crippen molar-refractivity contribution in [3.8, 4) is 0 Å². The van der Waals surface area contributed by atoms with Crippen LogP contribution in [0.3, 0.4) is 0 Å². The van der Waals surface area contributed by atoms with Crippen LogP contribution in [0.2, 0.25) is 0 Å². The molecule has 0 aromatic heterocycles. The van der Waals surface area contributed by atoms with E-state index in [-0.39, 0.29) is 0 Å². The molecule has 72 valence electrons. The third-order valence-corrected chi connectivity index (χ3v) is 3.36. The van der Waals surface area contributed by atoms with Gasteiger partial charge in [-0.1, -0.05) is 6.92 Å². The molecule has 0 aromatic rings. The van der Waals surface area contributed by atoms with Crippen LogP contribution in [0.4, 0.5) is 0 Å². The lowest BCUT2D eigenvalue weighted by Gasteiger charge is -2.24. The molecule has 2 nitrogen and oxygen atoms in total. The number of rotatable bonds is 4. The molecule has 3 heteroatoms. The zero-order valence-corrected chi connectivity index (χ0v) is 8.81. The number of nitrogens with zero attached hydrogens (tertiary/aromatic N) is 1. The summed E-state index contributed by atoms with van der Waals surface area (Å²) in [7, 11) is 0. The van der Waals surface area contributed by atoms with Gasteiger partial charge in [0.25, 0.3) is 0 Å². The van der Waals surface area contributed by atoms with E-state index >= 15 is 0 Å². The first-order valence-corrected chi connectivity index (χ1v) is 6.02. The molecule has 1 rings (SSSR count). The normalized spacial score (nSPS) is 31.2. The number of likely N-dealkylation sites (tertiary alicyclic amines) is 1. The molecule has 1 aliphatic rings. The molecule has 12 heavy (non-hydrogen) atoms. The van der Waals surface area contributed by atoms with E-state index < -0.39 is 0 Å². The Hall–Kier alpha value is 0.270. The van der Waals surface area contributed by atoms with Crippen molar-refractivity contribution in [2.75, 3.05) is 31.7 Å². The van der Waals surface area contributed by atoms with Gasteiger partial charge < -0.3 is 5.11 Å². The molecule has 2 unspecified atom stereocenters. The van der Waals surface area contributed by atoms with Gasteiger partial charge in [-0.25, -0.2) is 0 Å². The molecule has 1 fully saturated rings. The Bertz CT molecular complexity index is 132. The molecule has 0 radical (unpaired) electrons. The minimum Gasteiger partial charge on any atom is -0.395 e. The minimum atomic E-state index is 0.329. The highest BCUT2D eigenvalue weighted by molar-refractivity contribution is 7.98. The van der Waals surface area contributed by atoms with Gasteiger partial charge in [0, 0.05) is 18.3 Å². The molecule has 0 aromatic carbocycles. The van der Waals surface area contributed by atoms with Crippen molar-refractivity contribution >= 4 is 11.8 Å². The van der Waals surface area contributed by atoms with Gasteiger partial charge in [-0.15, -0.1) is 0 Å². The van der Waals surface area contributed by atoms with Crippen LogP contribution in [0.1, 0.15) is 13.3 Å². The van der Waals surface area contributed by atoms with Gasteiger partial charge in [-0.3, -0.25) is 4.90 Å². The Morgan fingerprint density at radius 2 is 2.33 bits per heavy atom. The van der Waals surface area contributed by atoms with Crippen molar-refractivity contribution in [1.82, 2.24) is 4.90 Å². The molecule has 1 N–H and O–H groups in total. The van der Waals surface area contributed by atoms with Crippen molar-refractivity contribution in [3.63, 3.8) is 0 Å². The molecule has 1 aliphatic heterocycles. The van der Waals surface area contributed by atoms with Crippen LogP contribution in [-0.4, -0.2) is 47.8 Å². The number of hydrogen-bond acceptors (Lipinski definition) is 3. The van der Waals surface area contributed by atoms with Crippen LogP contribution in [0.5, 0.6) is 0 Å². The van der Waals surface area contributed by atoms with Crippen LogP contribution in [0.25, 0.3) is 0 Å². The third kappa shape index (κ3) is 2.38. The molecule has 1 heterocycles. The predicted octanol–water partition coefficient (Wildman–Crippen LogP) is 1.05. The Morgan fingerprint density at radius 1 is 1.58 bits per heavy atom. The fourth-order valence-electron chi connectivity index (χ4n) is 1.87. The average molecular weight is 189 g/mol. The monoisotopic (exact) mass is 189 g/mol. The smallest absolute Gasteiger partial charge is 0.0589 e. The molecule has 0 spiro atoms. The number of aliphatic hydroxyl groups is 1. The second kappa shape index (κ2) is 5.10. The summed E-state index contributed by atoms with van der Waals surface area (Å²) in [5, 5.41) is 9.16. The second-order valence-corrected chi connectivity index (χ2v) is 4.53. The SMILES string of the molecule is CSCCN1CCC(C)C1CO. The van der Waals surface area contributed by atoms with E-state index in [1.807, 2.05) is 11.8 Å². The summed E-state index contributed by atoms with van der Waals surface area (Å²) < 4.78 is 0. The van der Waals surface area contributed by atoms with E-state index in [1.165, 1.54) is 18.7 Å². The molecular weight excluding hydrogens is 170 g/mol. The molecule has 0 amide bonds. The Balaban J connectivity index is 2.32. The highest BCUT2D eigenvalue weighted by Gasteiger charge is 2.29. The zero-order valence-electron chi connectivity index (χ0n) is 7.99. The van der Waals surface area contributed by atoms with Gasteiger partial charge in [-0.2, -0.15) is 11.8 Å². The van der Waals surface area contributed by atoms with Crippen LogP contribution >= 0.6 is 11.8 Å². The third-order valence-electron chi connectivity index (χ3n) is 2.77. The lowest BCUT2D eigenvalue weighted by molar-refractivity contribution is 0.145. The van der Waals surface area contributed by atoms with Gasteiger partial charge in [0.15, 0.2) is 0 Å². The molecule has 0 saturated carbocycles. The average Bonchev–Trinajstić information content (AvgIpc) is 2.43. The topological polar surface area (TPSA) is 23.5 Å². The standard InChI is InChI=1S/C9H19NOS/c1-8-3-4-10(5-6-12-2)9(8)7-11/h8-9,11H,3-7H2,1-2H3. The summed E-state index contributed by atoms with van der Waals surface area (Å²) in [6, 6.07) is 0.428. The minimum absolute atomic E-state index is 0.329. The van der Waals surface area contributed by atoms with E-state index in [0.29, 0.717) is 18.6 Å². The van der Waals surface area contributed by atoms with Gasteiger partial charge in [0.05, 0.1) is 6.61 Å². The van der Waals surface area contributed by atoms with Crippen LogP contribution in [0, 0.1) is 5.92 Å². The van der Waals surface area contributed by atoms with Gasteiger partial charge in [-0.05, 0) is 25.1 Å². The van der Waals surface area contributed by atoms with Crippen molar-refractivity contribution < 1.29 is 5.11 Å². The lowest BCUT2D eigenvalue weighted by Crippen LogP contribution is -2.36. The maximum atomic E-state index is 9.16. The fraction of sp³-hybridized carbons (Fsp3) is 1.00. The number of aliphatic hydroxyl groups excluding tert-OH is 1. The van der Waals surface area contributed by atoms with Crippen LogP contribution < -0.4 is 0 Å². The maximum Gasteiger partial charge on any atom is 0.0589 e. The summed E-state index contributed by atoms with van der Waals surface area (Å²) in [5.74, 6) is 1.86. The van der Waals surface area contributed by atoms with Crippen molar-refractivity contribution in [2.24, 2.45) is 5.92 Å². The molecule has 2 atom stereocenters. The predicted molar refractivity (Wildman–Crippen MR) is 54.6 cm³/mol. The largest absolute Gasteiger partial charge is 0.395 e. The van der Waals surface area contributed by atoms with E-state index in [0.717, 1.165) is 6.54 Å². The van der Waals surface area contributed by atoms with Crippen LogP contribution in [-0.2, 0) is 0 Å². The van der Waals surface area contributed by atoms with E-state index in [9.17, 15) is 0 Å². The maximum absolute atomic E-state index is 9.16. The highest BCUT2D eigenvalue weighted by atomic mass is 32.2.